The largest absolute Gasteiger partial charge is 0.497 e. The first kappa shape index (κ1) is 40.2. The minimum atomic E-state index is -0.117. The second-order valence-electron chi connectivity index (χ2n) is 12.2. The predicted molar refractivity (Wildman–Crippen MR) is 215 cm³/mol. The zero-order valence-corrected chi connectivity index (χ0v) is 31.4. The molecule has 6 aromatic rings. The summed E-state index contributed by atoms with van der Waals surface area (Å²) in [6.45, 7) is 13.7. The summed E-state index contributed by atoms with van der Waals surface area (Å²) in [6, 6.07) is 37.7. The molecule has 51 heavy (non-hydrogen) atoms. The van der Waals surface area contributed by atoms with E-state index in [1.54, 1.807) is 7.11 Å². The Bertz CT molecular complexity index is 1930. The molecule has 0 aliphatic heterocycles. The van der Waals surface area contributed by atoms with Crippen LogP contribution in [0.3, 0.4) is 0 Å². The quantitative estimate of drug-likeness (QED) is 0.145. The van der Waals surface area contributed by atoms with E-state index in [1.165, 1.54) is 5.56 Å². The molecule has 2 aromatic heterocycles. The van der Waals surface area contributed by atoms with Crippen molar-refractivity contribution in [3.8, 4) is 28.0 Å². The smallest absolute Gasteiger partial charge is 0.140 e. The van der Waals surface area contributed by atoms with Crippen LogP contribution in [0.25, 0.3) is 33.0 Å². The number of aliphatic hydroxyl groups excluding tert-OH is 1. The van der Waals surface area contributed by atoms with E-state index < -0.39 is 0 Å². The first-order chi connectivity index (χ1) is 24.8. The van der Waals surface area contributed by atoms with Crippen molar-refractivity contribution in [2.45, 2.75) is 53.2 Å². The van der Waals surface area contributed by atoms with Crippen molar-refractivity contribution >= 4 is 40.7 Å². The fourth-order valence-electron chi connectivity index (χ4n) is 5.72. The lowest BCUT2D eigenvalue weighted by Crippen LogP contribution is -2.26. The Morgan fingerprint density at radius 1 is 0.784 bits per heavy atom. The average Bonchev–Trinajstić information content (AvgIpc) is 3.17. The van der Waals surface area contributed by atoms with E-state index in [0.29, 0.717) is 18.2 Å². The summed E-state index contributed by atoms with van der Waals surface area (Å²) in [7, 11) is 2.69. The minimum absolute atomic E-state index is 0.117. The van der Waals surface area contributed by atoms with Crippen molar-refractivity contribution in [1.29, 1.82) is 0 Å². The van der Waals surface area contributed by atoms with Gasteiger partial charge in [-0.3, -0.25) is 4.98 Å². The third-order valence-electron chi connectivity index (χ3n) is 7.65. The number of carbonyl (C=O) groups excluding carboxylic acids is 1. The van der Waals surface area contributed by atoms with Gasteiger partial charge in [0.05, 0.1) is 12.8 Å². The number of methoxy groups -OCH3 is 1. The maximum absolute atomic E-state index is 8.00. The molecule has 2 heterocycles. The normalized spacial score (nSPS) is 10.4. The maximum Gasteiger partial charge on any atom is 0.140 e. The van der Waals surface area contributed by atoms with Crippen LogP contribution in [-0.2, 0) is 17.9 Å². The van der Waals surface area contributed by atoms with Gasteiger partial charge in [0, 0.05) is 54.6 Å². The fourth-order valence-corrected chi connectivity index (χ4v) is 6.01. The minimum Gasteiger partial charge on any atom is -0.497 e. The molecule has 0 radical (unpaired) electrons. The van der Waals surface area contributed by atoms with Crippen LogP contribution in [0.5, 0.6) is 5.75 Å². The van der Waals surface area contributed by atoms with Gasteiger partial charge in [-0.2, -0.15) is 0 Å². The number of carbonyl (C=O) groups is 1. The van der Waals surface area contributed by atoms with Crippen molar-refractivity contribution < 1.29 is 14.6 Å². The van der Waals surface area contributed by atoms with E-state index in [9.17, 15) is 0 Å². The number of benzene rings is 4. The zero-order chi connectivity index (χ0) is 37.4. The molecule has 266 valence electrons. The summed E-state index contributed by atoms with van der Waals surface area (Å²) in [5.74, 6) is 1.65. The second kappa shape index (κ2) is 19.8. The van der Waals surface area contributed by atoms with Crippen LogP contribution in [0.2, 0.25) is 5.15 Å². The lowest BCUT2D eigenvalue weighted by atomic mass is 9.94. The molecular formula is C43H49ClN4O3. The first-order valence-electron chi connectivity index (χ1n) is 16.9. The van der Waals surface area contributed by atoms with Crippen LogP contribution in [0.15, 0.2) is 122 Å². The molecule has 0 unspecified atom stereocenters. The number of pyridine rings is 2. The Kier molecular flexibility index (Phi) is 15.6. The van der Waals surface area contributed by atoms with Crippen LogP contribution in [0, 0.1) is 0 Å². The number of hydrogen-bond donors (Lipinski definition) is 2. The molecule has 0 amide bonds. The van der Waals surface area contributed by atoms with Crippen LogP contribution < -0.4 is 15.0 Å². The van der Waals surface area contributed by atoms with Gasteiger partial charge in [0.25, 0.3) is 0 Å². The summed E-state index contributed by atoms with van der Waals surface area (Å²) in [5, 5.41) is 13.0. The summed E-state index contributed by atoms with van der Waals surface area (Å²) < 4.78 is 5.43. The van der Waals surface area contributed by atoms with Gasteiger partial charge in [0.15, 0.2) is 0 Å². The van der Waals surface area contributed by atoms with E-state index in [2.05, 4.69) is 121 Å². The van der Waals surface area contributed by atoms with Gasteiger partial charge in [-0.1, -0.05) is 116 Å². The standard InChI is InChI=1S/C39H37ClN4O.C2H6.CH4O.CH2O/c1-39(2,3)43-31-22-30(23-41-24-31)35-34-17-11-16-33(29-14-9-6-10-15-29)36(34)38(42-37(35)40)44(25-27-12-7-5-8-13-27)26-28-18-20-32(45-4)21-19-28;3*1-2/h5-24,43H,25-26H2,1-4H3;1-2H3;2H,1H3;1H2. The number of nitrogens with zero attached hydrogens (tertiary/aromatic N) is 3. The molecule has 0 aliphatic rings. The highest BCUT2D eigenvalue weighted by Gasteiger charge is 2.23. The lowest BCUT2D eigenvalue weighted by Gasteiger charge is -2.28. The predicted octanol–water partition coefficient (Wildman–Crippen LogP) is 10.5. The number of halogens is 1. The van der Waals surface area contributed by atoms with Gasteiger partial charge in [0.2, 0.25) is 0 Å². The lowest BCUT2D eigenvalue weighted by molar-refractivity contribution is -0.0980. The van der Waals surface area contributed by atoms with Gasteiger partial charge in [-0.15, -0.1) is 0 Å². The third kappa shape index (κ3) is 10.6. The Labute approximate surface area is 307 Å². The van der Waals surface area contributed by atoms with Crippen LogP contribution in [-0.4, -0.2) is 41.6 Å². The monoisotopic (exact) mass is 704 g/mol. The molecule has 6 rings (SSSR count). The number of nitrogens with one attached hydrogen (secondary N) is 1. The van der Waals surface area contributed by atoms with Crippen molar-refractivity contribution in [1.82, 2.24) is 9.97 Å². The van der Waals surface area contributed by atoms with E-state index in [1.807, 2.05) is 57.3 Å². The number of aromatic nitrogens is 2. The zero-order valence-electron chi connectivity index (χ0n) is 30.7. The number of anilines is 2. The molecule has 0 fully saturated rings. The summed E-state index contributed by atoms with van der Waals surface area (Å²) in [6.07, 6.45) is 3.71. The van der Waals surface area contributed by atoms with Gasteiger partial charge in [0.1, 0.15) is 23.5 Å². The fraction of sp³-hybridized carbons (Fsp3) is 0.233. The molecule has 0 aliphatic carbocycles. The van der Waals surface area contributed by atoms with E-state index >= 15 is 0 Å². The maximum atomic E-state index is 8.00. The summed E-state index contributed by atoms with van der Waals surface area (Å²) >= 11 is 7.21. The van der Waals surface area contributed by atoms with Gasteiger partial charge < -0.3 is 24.9 Å². The topological polar surface area (TPSA) is 87.6 Å². The number of rotatable bonds is 9. The Hall–Kier alpha value is -5.24. The van der Waals surface area contributed by atoms with Crippen molar-refractivity contribution in [3.05, 3.63) is 138 Å². The van der Waals surface area contributed by atoms with E-state index in [0.717, 1.165) is 63.0 Å². The first-order valence-corrected chi connectivity index (χ1v) is 17.2. The number of fused-ring (bicyclic) bond motifs is 1. The van der Waals surface area contributed by atoms with Crippen LogP contribution in [0.1, 0.15) is 45.7 Å². The van der Waals surface area contributed by atoms with Crippen LogP contribution in [0.4, 0.5) is 11.5 Å². The highest BCUT2D eigenvalue weighted by Crippen LogP contribution is 2.43. The molecule has 4 aromatic carbocycles. The van der Waals surface area contributed by atoms with Gasteiger partial charge >= 0.3 is 0 Å². The Morgan fingerprint density at radius 3 is 1.96 bits per heavy atom. The molecule has 2 N–H and O–H groups in total. The molecule has 0 saturated carbocycles. The molecule has 8 heteroatoms. The third-order valence-corrected chi connectivity index (χ3v) is 7.92. The molecular weight excluding hydrogens is 656 g/mol. The number of hydrogen-bond acceptors (Lipinski definition) is 7. The van der Waals surface area contributed by atoms with Gasteiger partial charge in [-0.05, 0) is 66.6 Å². The Morgan fingerprint density at radius 2 is 1.37 bits per heavy atom. The number of aliphatic hydroxyl groups is 1. The molecule has 0 bridgehead atoms. The molecule has 0 atom stereocenters. The SMILES string of the molecule is C=O.CC.CO.COc1ccc(CN(Cc2ccccc2)c2nc(Cl)c(-c3cncc(NC(C)(C)C)c3)c3cccc(-c4ccccc4)c23)cc1. The average molecular weight is 705 g/mol. The van der Waals surface area contributed by atoms with E-state index in [4.69, 9.17) is 31.2 Å². The number of ether oxygens (including phenoxy) is 1. The highest BCUT2D eigenvalue weighted by atomic mass is 35.5. The van der Waals surface area contributed by atoms with Crippen LogP contribution >= 0.6 is 11.6 Å². The summed E-state index contributed by atoms with van der Waals surface area (Å²) in [4.78, 5) is 20.1. The summed E-state index contributed by atoms with van der Waals surface area (Å²) in [5.41, 5.74) is 7.12. The molecule has 0 spiro atoms. The molecule has 0 saturated heterocycles. The second-order valence-corrected chi connectivity index (χ2v) is 12.6. The Balaban J connectivity index is 0.00000111. The molecule has 7 nitrogen and oxygen atoms in total. The van der Waals surface area contributed by atoms with E-state index in [-0.39, 0.29) is 5.54 Å². The highest BCUT2D eigenvalue weighted by molar-refractivity contribution is 6.34. The van der Waals surface area contributed by atoms with Crippen molar-refractivity contribution in [2.75, 3.05) is 24.4 Å². The van der Waals surface area contributed by atoms with Gasteiger partial charge in [-0.25, -0.2) is 4.98 Å². The van der Waals surface area contributed by atoms with Crippen molar-refractivity contribution in [3.63, 3.8) is 0 Å². The van der Waals surface area contributed by atoms with Crippen molar-refractivity contribution in [2.24, 2.45) is 0 Å².